The molecule has 3 heterocycles. The lowest BCUT2D eigenvalue weighted by Crippen LogP contribution is -2.40. The number of carbonyl (C=O) groups excluding carboxylic acids is 1. The molecule has 2 aromatic rings. The SMILES string of the molecule is CC(C)c1nccn1-c1cncc(C2CCCN(C(=O)CCl)C2)n1. The van der Waals surface area contributed by atoms with Gasteiger partial charge in [0.05, 0.1) is 11.9 Å². The number of likely N-dealkylation sites (tertiary alicyclic amines) is 1. The minimum Gasteiger partial charge on any atom is -0.341 e. The van der Waals surface area contributed by atoms with Crippen LogP contribution in [-0.4, -0.2) is 49.3 Å². The number of imidazole rings is 1. The number of hydrogen-bond acceptors (Lipinski definition) is 4. The van der Waals surface area contributed by atoms with Gasteiger partial charge in [-0.15, -0.1) is 11.6 Å². The van der Waals surface area contributed by atoms with Gasteiger partial charge < -0.3 is 4.90 Å². The summed E-state index contributed by atoms with van der Waals surface area (Å²) in [7, 11) is 0. The summed E-state index contributed by atoms with van der Waals surface area (Å²) >= 11 is 5.69. The van der Waals surface area contributed by atoms with Gasteiger partial charge >= 0.3 is 0 Å². The fraction of sp³-hybridized carbons (Fsp3) is 0.529. The van der Waals surface area contributed by atoms with Crippen LogP contribution < -0.4 is 0 Å². The van der Waals surface area contributed by atoms with E-state index in [0.717, 1.165) is 36.7 Å². The minimum absolute atomic E-state index is 0.0119. The van der Waals surface area contributed by atoms with Crippen molar-refractivity contribution < 1.29 is 4.79 Å². The summed E-state index contributed by atoms with van der Waals surface area (Å²) in [4.78, 5) is 27.3. The molecule has 24 heavy (non-hydrogen) atoms. The Morgan fingerprint density at radius 1 is 1.42 bits per heavy atom. The van der Waals surface area contributed by atoms with E-state index in [1.807, 2.05) is 15.7 Å². The molecule has 1 unspecified atom stereocenters. The molecule has 1 amide bonds. The van der Waals surface area contributed by atoms with Gasteiger partial charge in [-0.1, -0.05) is 13.8 Å². The lowest BCUT2D eigenvalue weighted by Gasteiger charge is -2.32. The van der Waals surface area contributed by atoms with E-state index < -0.39 is 0 Å². The van der Waals surface area contributed by atoms with E-state index in [-0.39, 0.29) is 17.7 Å². The van der Waals surface area contributed by atoms with Crippen molar-refractivity contribution in [3.05, 3.63) is 36.3 Å². The molecule has 0 aromatic carbocycles. The van der Waals surface area contributed by atoms with Crippen molar-refractivity contribution in [2.45, 2.75) is 38.5 Å². The van der Waals surface area contributed by atoms with E-state index in [1.165, 1.54) is 0 Å². The van der Waals surface area contributed by atoms with Crippen molar-refractivity contribution in [3.8, 4) is 5.82 Å². The zero-order valence-electron chi connectivity index (χ0n) is 14.0. The molecule has 1 atom stereocenters. The van der Waals surface area contributed by atoms with Gasteiger partial charge in [0, 0.05) is 43.5 Å². The van der Waals surface area contributed by atoms with Gasteiger partial charge in [0.1, 0.15) is 11.7 Å². The van der Waals surface area contributed by atoms with E-state index in [0.29, 0.717) is 12.5 Å². The molecular formula is C17H22ClN5O. The second-order valence-electron chi connectivity index (χ2n) is 6.42. The van der Waals surface area contributed by atoms with E-state index in [9.17, 15) is 4.79 Å². The zero-order valence-corrected chi connectivity index (χ0v) is 14.8. The zero-order chi connectivity index (χ0) is 17.1. The maximum absolute atomic E-state index is 11.9. The average Bonchev–Trinajstić information content (AvgIpc) is 3.11. The number of halogens is 1. The molecule has 1 aliphatic rings. The molecule has 6 nitrogen and oxygen atoms in total. The number of nitrogens with zero attached hydrogens (tertiary/aromatic N) is 5. The molecule has 0 radical (unpaired) electrons. The maximum atomic E-state index is 11.9. The maximum Gasteiger partial charge on any atom is 0.237 e. The van der Waals surface area contributed by atoms with Crippen molar-refractivity contribution in [2.24, 2.45) is 0 Å². The standard InChI is InChI=1S/C17H22ClN5O/c1-12(2)17-20-5-7-23(17)15-10-19-9-14(21-15)13-4-3-6-22(11-13)16(24)8-18/h5,7,9-10,12-13H,3-4,6,8,11H2,1-2H3. The Morgan fingerprint density at radius 3 is 3.00 bits per heavy atom. The van der Waals surface area contributed by atoms with E-state index in [4.69, 9.17) is 16.6 Å². The molecule has 3 rings (SSSR count). The molecule has 0 N–H and O–H groups in total. The van der Waals surface area contributed by atoms with Crippen LogP contribution in [0.4, 0.5) is 0 Å². The highest BCUT2D eigenvalue weighted by Crippen LogP contribution is 2.26. The van der Waals surface area contributed by atoms with Gasteiger partial charge in [0.2, 0.25) is 5.91 Å². The molecule has 1 fully saturated rings. The first kappa shape index (κ1) is 16.9. The van der Waals surface area contributed by atoms with Crippen LogP contribution in [0.2, 0.25) is 0 Å². The van der Waals surface area contributed by atoms with E-state index in [1.54, 1.807) is 18.6 Å². The van der Waals surface area contributed by atoms with Crippen molar-refractivity contribution >= 4 is 17.5 Å². The number of carbonyl (C=O) groups is 1. The quantitative estimate of drug-likeness (QED) is 0.798. The third-order valence-electron chi connectivity index (χ3n) is 4.38. The predicted octanol–water partition coefficient (Wildman–Crippen LogP) is 2.73. The molecule has 2 aromatic heterocycles. The Bertz CT molecular complexity index is 715. The molecule has 0 bridgehead atoms. The molecule has 0 aliphatic carbocycles. The predicted molar refractivity (Wildman–Crippen MR) is 92.5 cm³/mol. The summed E-state index contributed by atoms with van der Waals surface area (Å²) < 4.78 is 1.98. The summed E-state index contributed by atoms with van der Waals surface area (Å²) in [5, 5.41) is 0. The minimum atomic E-state index is -0.0119. The van der Waals surface area contributed by atoms with Crippen LogP contribution in [0.25, 0.3) is 5.82 Å². The monoisotopic (exact) mass is 347 g/mol. The second kappa shape index (κ2) is 7.30. The second-order valence-corrected chi connectivity index (χ2v) is 6.69. The normalized spacial score (nSPS) is 18.2. The van der Waals surface area contributed by atoms with Crippen LogP contribution in [0.15, 0.2) is 24.8 Å². The van der Waals surface area contributed by atoms with E-state index in [2.05, 4.69) is 23.8 Å². The number of hydrogen-bond donors (Lipinski definition) is 0. The van der Waals surface area contributed by atoms with Crippen LogP contribution >= 0.6 is 11.6 Å². The Hall–Kier alpha value is -1.95. The van der Waals surface area contributed by atoms with Crippen LogP contribution in [-0.2, 0) is 4.79 Å². The summed E-state index contributed by atoms with van der Waals surface area (Å²) in [5.74, 6) is 2.26. The van der Waals surface area contributed by atoms with Crippen molar-refractivity contribution in [3.63, 3.8) is 0 Å². The van der Waals surface area contributed by atoms with Crippen molar-refractivity contribution in [1.82, 2.24) is 24.4 Å². The first-order valence-electron chi connectivity index (χ1n) is 8.29. The molecule has 0 spiro atoms. The van der Waals surface area contributed by atoms with Crippen LogP contribution in [0.3, 0.4) is 0 Å². The molecule has 7 heteroatoms. The first-order chi connectivity index (χ1) is 11.6. The highest BCUT2D eigenvalue weighted by Gasteiger charge is 2.25. The Morgan fingerprint density at radius 2 is 2.25 bits per heavy atom. The molecule has 1 aliphatic heterocycles. The van der Waals surface area contributed by atoms with Gasteiger partial charge in [0.25, 0.3) is 0 Å². The molecular weight excluding hydrogens is 326 g/mol. The lowest BCUT2D eigenvalue weighted by molar-refractivity contribution is -0.129. The third kappa shape index (κ3) is 3.43. The van der Waals surface area contributed by atoms with Crippen LogP contribution in [0.1, 0.15) is 50.0 Å². The molecule has 1 saturated heterocycles. The lowest BCUT2D eigenvalue weighted by atomic mass is 9.95. The Kier molecular flexibility index (Phi) is 5.14. The Balaban J connectivity index is 1.85. The molecule has 128 valence electrons. The highest BCUT2D eigenvalue weighted by molar-refractivity contribution is 6.27. The summed E-state index contributed by atoms with van der Waals surface area (Å²) in [6.45, 7) is 5.64. The van der Waals surface area contributed by atoms with Gasteiger partial charge in [-0.05, 0) is 12.8 Å². The fourth-order valence-corrected chi connectivity index (χ4v) is 3.32. The summed E-state index contributed by atoms with van der Waals surface area (Å²) in [6, 6.07) is 0. The van der Waals surface area contributed by atoms with Gasteiger partial charge in [-0.2, -0.15) is 0 Å². The first-order valence-corrected chi connectivity index (χ1v) is 8.83. The van der Waals surface area contributed by atoms with Gasteiger partial charge in [-0.3, -0.25) is 14.3 Å². The Labute approximate surface area is 146 Å². The topological polar surface area (TPSA) is 63.9 Å². The summed E-state index contributed by atoms with van der Waals surface area (Å²) in [6.07, 6.45) is 9.21. The molecule has 0 saturated carbocycles. The van der Waals surface area contributed by atoms with Gasteiger partial charge in [0.15, 0.2) is 5.82 Å². The van der Waals surface area contributed by atoms with Crippen LogP contribution in [0, 0.1) is 0 Å². The number of rotatable bonds is 4. The average molecular weight is 348 g/mol. The van der Waals surface area contributed by atoms with Crippen molar-refractivity contribution in [1.29, 1.82) is 0 Å². The van der Waals surface area contributed by atoms with E-state index >= 15 is 0 Å². The van der Waals surface area contributed by atoms with Crippen LogP contribution in [0.5, 0.6) is 0 Å². The fourth-order valence-electron chi connectivity index (χ4n) is 3.15. The van der Waals surface area contributed by atoms with Crippen molar-refractivity contribution in [2.75, 3.05) is 19.0 Å². The third-order valence-corrected chi connectivity index (χ3v) is 4.61. The number of amides is 1. The van der Waals surface area contributed by atoms with Gasteiger partial charge in [-0.25, -0.2) is 9.97 Å². The highest BCUT2D eigenvalue weighted by atomic mass is 35.5. The smallest absolute Gasteiger partial charge is 0.237 e. The largest absolute Gasteiger partial charge is 0.341 e. The number of alkyl halides is 1. The number of aromatic nitrogens is 4. The number of piperidine rings is 1. The summed E-state index contributed by atoms with van der Waals surface area (Å²) in [5.41, 5.74) is 0.919.